The lowest BCUT2D eigenvalue weighted by Gasteiger charge is -2.26. The highest BCUT2D eigenvalue weighted by molar-refractivity contribution is 6.00. The first-order chi connectivity index (χ1) is 14.2. The van der Waals surface area contributed by atoms with E-state index in [-0.39, 0.29) is 24.5 Å². The van der Waals surface area contributed by atoms with Gasteiger partial charge in [-0.05, 0) is 54.2 Å². The van der Waals surface area contributed by atoms with Gasteiger partial charge in [-0.15, -0.1) is 0 Å². The molecule has 0 spiro atoms. The number of amides is 1. The number of fused-ring (bicyclic) bond motifs is 1. The molecule has 0 radical (unpaired) electrons. The molecule has 5 heteroatoms. The number of hydrogen-bond acceptors (Lipinski definition) is 4. The van der Waals surface area contributed by atoms with Crippen LogP contribution in [-0.4, -0.2) is 42.9 Å². The summed E-state index contributed by atoms with van der Waals surface area (Å²) in [5.41, 5.74) is 5.32. The minimum absolute atomic E-state index is 0.0379. The Bertz CT molecular complexity index is 887. The van der Waals surface area contributed by atoms with Crippen molar-refractivity contribution < 1.29 is 14.3 Å². The molecule has 4 rings (SSSR count). The van der Waals surface area contributed by atoms with Crippen LogP contribution in [0.25, 0.3) is 0 Å². The van der Waals surface area contributed by atoms with E-state index in [0.717, 1.165) is 56.9 Å². The van der Waals surface area contributed by atoms with E-state index in [1.165, 1.54) is 23.1 Å². The molecule has 0 bridgehead atoms. The Hall–Kier alpha value is -2.50. The molecule has 0 atom stereocenters. The lowest BCUT2D eigenvalue weighted by Crippen LogP contribution is -2.35. The first-order valence-electron chi connectivity index (χ1n) is 10.5. The quantitative estimate of drug-likeness (QED) is 0.732. The van der Waals surface area contributed by atoms with Gasteiger partial charge in [-0.1, -0.05) is 24.3 Å². The van der Waals surface area contributed by atoms with E-state index in [0.29, 0.717) is 0 Å². The molecule has 1 saturated heterocycles. The minimum Gasteiger partial charge on any atom is -0.379 e. The molecular weight excluding hydrogens is 364 g/mol. The summed E-state index contributed by atoms with van der Waals surface area (Å²) in [6.07, 6.45) is 3.76. The molecule has 0 aromatic heterocycles. The van der Waals surface area contributed by atoms with Crippen molar-refractivity contribution in [1.29, 1.82) is 0 Å². The maximum absolute atomic E-state index is 12.5. The number of carbonyl (C=O) groups is 2. The van der Waals surface area contributed by atoms with Gasteiger partial charge in [0.15, 0.2) is 5.78 Å². The van der Waals surface area contributed by atoms with Crippen molar-refractivity contribution in [1.82, 2.24) is 4.90 Å². The number of Topliss-reactive ketones (excluding diaryl/α,β-unsaturated/α-hetero) is 1. The Kier molecular flexibility index (Phi) is 6.37. The number of anilines is 1. The normalized spacial score (nSPS) is 16.4. The van der Waals surface area contributed by atoms with Crippen molar-refractivity contribution in [3.8, 4) is 0 Å². The summed E-state index contributed by atoms with van der Waals surface area (Å²) in [4.78, 5) is 27.2. The van der Waals surface area contributed by atoms with Gasteiger partial charge in [-0.2, -0.15) is 0 Å². The summed E-state index contributed by atoms with van der Waals surface area (Å²) in [5.74, 6) is -0.0843. The van der Waals surface area contributed by atoms with Crippen LogP contribution in [0.1, 0.15) is 46.3 Å². The summed E-state index contributed by atoms with van der Waals surface area (Å²) in [6, 6.07) is 13.9. The van der Waals surface area contributed by atoms with Crippen molar-refractivity contribution in [2.45, 2.75) is 38.6 Å². The van der Waals surface area contributed by atoms with E-state index in [9.17, 15) is 9.59 Å². The van der Waals surface area contributed by atoms with E-state index in [1.807, 2.05) is 30.3 Å². The Morgan fingerprint density at radius 3 is 2.66 bits per heavy atom. The fraction of sp³-hybridized carbons (Fsp3) is 0.417. The predicted molar refractivity (Wildman–Crippen MR) is 113 cm³/mol. The number of rotatable bonds is 7. The second-order valence-electron chi connectivity index (χ2n) is 7.90. The molecule has 1 heterocycles. The number of nitrogens with one attached hydrogen (secondary N) is 1. The van der Waals surface area contributed by atoms with Gasteiger partial charge < -0.3 is 10.1 Å². The van der Waals surface area contributed by atoms with E-state index in [2.05, 4.69) is 22.3 Å². The van der Waals surface area contributed by atoms with Crippen molar-refractivity contribution in [2.24, 2.45) is 0 Å². The summed E-state index contributed by atoms with van der Waals surface area (Å²) >= 11 is 0. The highest BCUT2D eigenvalue weighted by atomic mass is 16.5. The molecular formula is C24H28N2O3. The topological polar surface area (TPSA) is 58.6 Å². The number of aryl methyl sites for hydroxylation is 2. The van der Waals surface area contributed by atoms with E-state index >= 15 is 0 Å². The number of carbonyl (C=O) groups excluding carboxylic acids is 2. The molecule has 0 unspecified atom stereocenters. The Labute approximate surface area is 172 Å². The van der Waals surface area contributed by atoms with E-state index < -0.39 is 0 Å². The highest BCUT2D eigenvalue weighted by Gasteiger charge is 2.15. The second kappa shape index (κ2) is 9.33. The third-order valence-electron chi connectivity index (χ3n) is 5.72. The van der Waals surface area contributed by atoms with Crippen molar-refractivity contribution >= 4 is 17.4 Å². The summed E-state index contributed by atoms with van der Waals surface area (Å²) < 4.78 is 5.39. The number of nitrogens with zero attached hydrogens (tertiary/aromatic N) is 1. The number of ketones is 1. The van der Waals surface area contributed by atoms with Crippen LogP contribution in [-0.2, 0) is 28.9 Å². The lowest BCUT2D eigenvalue weighted by atomic mass is 10.0. The van der Waals surface area contributed by atoms with E-state index in [1.54, 1.807) is 0 Å². The van der Waals surface area contributed by atoms with Crippen molar-refractivity contribution in [2.75, 3.05) is 31.6 Å². The number of ether oxygens (including phenoxy) is 1. The summed E-state index contributed by atoms with van der Waals surface area (Å²) in [7, 11) is 0. The zero-order chi connectivity index (χ0) is 20.1. The SMILES string of the molecule is O=C(CCC(=O)c1ccc2c(c1)CCC2)Nc1cccc(CN2CCOCC2)c1. The second-order valence-corrected chi connectivity index (χ2v) is 7.90. The van der Waals surface area contributed by atoms with Crippen LogP contribution in [0, 0.1) is 0 Å². The fourth-order valence-corrected chi connectivity index (χ4v) is 4.11. The zero-order valence-electron chi connectivity index (χ0n) is 16.8. The van der Waals surface area contributed by atoms with Crippen LogP contribution in [0.2, 0.25) is 0 Å². The number of morpholine rings is 1. The van der Waals surface area contributed by atoms with Crippen LogP contribution < -0.4 is 5.32 Å². The molecule has 0 saturated carbocycles. The zero-order valence-corrected chi connectivity index (χ0v) is 16.8. The third kappa shape index (κ3) is 5.31. The smallest absolute Gasteiger partial charge is 0.224 e. The van der Waals surface area contributed by atoms with Gasteiger partial charge in [0.05, 0.1) is 13.2 Å². The fourth-order valence-electron chi connectivity index (χ4n) is 4.11. The number of hydrogen-bond donors (Lipinski definition) is 1. The molecule has 2 aliphatic rings. The Balaban J connectivity index is 1.28. The molecule has 1 amide bonds. The molecule has 2 aromatic carbocycles. The van der Waals surface area contributed by atoms with Gasteiger partial charge in [0.25, 0.3) is 0 Å². The molecule has 152 valence electrons. The van der Waals surface area contributed by atoms with Gasteiger partial charge in [-0.3, -0.25) is 14.5 Å². The average Bonchev–Trinajstić information content (AvgIpc) is 3.21. The molecule has 1 fully saturated rings. The third-order valence-corrected chi connectivity index (χ3v) is 5.72. The lowest BCUT2D eigenvalue weighted by molar-refractivity contribution is -0.116. The Morgan fingerprint density at radius 1 is 0.966 bits per heavy atom. The molecule has 1 aliphatic heterocycles. The predicted octanol–water partition coefficient (Wildman–Crippen LogP) is 3.61. The first kappa shape index (κ1) is 19.8. The van der Waals surface area contributed by atoms with Gasteiger partial charge >= 0.3 is 0 Å². The molecule has 2 aromatic rings. The van der Waals surface area contributed by atoms with E-state index in [4.69, 9.17) is 4.74 Å². The van der Waals surface area contributed by atoms with Gasteiger partial charge in [0, 0.05) is 43.7 Å². The maximum Gasteiger partial charge on any atom is 0.224 e. The Morgan fingerprint density at radius 2 is 1.79 bits per heavy atom. The summed E-state index contributed by atoms with van der Waals surface area (Å²) in [5, 5.41) is 2.93. The van der Waals surface area contributed by atoms with Gasteiger partial charge in [0.1, 0.15) is 0 Å². The van der Waals surface area contributed by atoms with Crippen LogP contribution >= 0.6 is 0 Å². The first-order valence-corrected chi connectivity index (χ1v) is 10.5. The van der Waals surface area contributed by atoms with Gasteiger partial charge in [-0.25, -0.2) is 0 Å². The monoisotopic (exact) mass is 392 g/mol. The molecule has 1 aliphatic carbocycles. The molecule has 1 N–H and O–H groups in total. The molecule has 29 heavy (non-hydrogen) atoms. The summed E-state index contributed by atoms with van der Waals surface area (Å²) in [6.45, 7) is 4.26. The molecule has 5 nitrogen and oxygen atoms in total. The van der Waals surface area contributed by atoms with Gasteiger partial charge in [0.2, 0.25) is 5.91 Å². The van der Waals surface area contributed by atoms with Crippen LogP contribution in [0.5, 0.6) is 0 Å². The van der Waals surface area contributed by atoms with Crippen LogP contribution in [0.4, 0.5) is 5.69 Å². The maximum atomic E-state index is 12.5. The average molecular weight is 392 g/mol. The van der Waals surface area contributed by atoms with Crippen molar-refractivity contribution in [3.63, 3.8) is 0 Å². The van der Waals surface area contributed by atoms with Crippen LogP contribution in [0.15, 0.2) is 42.5 Å². The largest absolute Gasteiger partial charge is 0.379 e. The van der Waals surface area contributed by atoms with Crippen molar-refractivity contribution in [3.05, 3.63) is 64.7 Å². The standard InChI is InChI=1S/C24H28N2O3/c27-23(21-8-7-19-4-2-5-20(19)16-21)9-10-24(28)25-22-6-1-3-18(15-22)17-26-11-13-29-14-12-26/h1,3,6-8,15-16H,2,4-5,9-14,17H2,(H,25,28). The minimum atomic E-state index is -0.122. The number of benzene rings is 2. The highest BCUT2D eigenvalue weighted by Crippen LogP contribution is 2.23. The van der Waals surface area contributed by atoms with Crippen LogP contribution in [0.3, 0.4) is 0 Å².